The molecule has 1 unspecified atom stereocenters. The number of cyclic esters (lactones) is 1. The number of hydrogen-bond acceptors (Lipinski definition) is 5. The SMILES string of the molecule is CC(=O)OC/C(=C\CC1OC(=O)C=C1CO)CC/C=C(\C)CCC1=C(C)CCCC1(C)C. The molecule has 0 bridgehead atoms. The maximum atomic E-state index is 11.5. The first-order valence-corrected chi connectivity index (χ1v) is 11.8. The number of ether oxygens (including phenoxy) is 2. The lowest BCUT2D eigenvalue weighted by atomic mass is 9.71. The molecular weight excluding hydrogens is 404 g/mol. The van der Waals surface area contributed by atoms with Gasteiger partial charge in [0.1, 0.15) is 12.7 Å². The van der Waals surface area contributed by atoms with E-state index in [1.54, 1.807) is 11.1 Å². The molecule has 0 aromatic carbocycles. The predicted octanol–water partition coefficient (Wildman–Crippen LogP) is 5.74. The van der Waals surface area contributed by atoms with E-state index in [1.807, 2.05) is 6.08 Å². The summed E-state index contributed by atoms with van der Waals surface area (Å²) in [4.78, 5) is 22.7. The van der Waals surface area contributed by atoms with Gasteiger partial charge in [0.25, 0.3) is 0 Å². The summed E-state index contributed by atoms with van der Waals surface area (Å²) in [6, 6.07) is 0. The molecule has 0 saturated carbocycles. The first kappa shape index (κ1) is 26.1. The molecular formula is C27H40O5. The van der Waals surface area contributed by atoms with Crippen LogP contribution in [-0.4, -0.2) is 36.4 Å². The lowest BCUT2D eigenvalue weighted by molar-refractivity contribution is -0.140. The van der Waals surface area contributed by atoms with Gasteiger partial charge in [-0.25, -0.2) is 4.79 Å². The minimum atomic E-state index is -0.438. The van der Waals surface area contributed by atoms with Crippen LogP contribution >= 0.6 is 0 Å². The molecule has 2 aliphatic rings. The molecule has 1 atom stereocenters. The van der Waals surface area contributed by atoms with Crippen LogP contribution in [0.2, 0.25) is 0 Å². The number of rotatable bonds is 11. The van der Waals surface area contributed by atoms with Gasteiger partial charge in [0.2, 0.25) is 0 Å². The average molecular weight is 445 g/mol. The molecule has 178 valence electrons. The number of aliphatic hydroxyl groups is 1. The van der Waals surface area contributed by atoms with E-state index < -0.39 is 12.1 Å². The topological polar surface area (TPSA) is 72.8 Å². The smallest absolute Gasteiger partial charge is 0.331 e. The van der Waals surface area contributed by atoms with Crippen molar-refractivity contribution in [1.82, 2.24) is 0 Å². The number of esters is 2. The van der Waals surface area contributed by atoms with Crippen LogP contribution in [0.25, 0.3) is 0 Å². The third-order valence-electron chi connectivity index (χ3n) is 6.65. The minimum absolute atomic E-state index is 0.196. The first-order chi connectivity index (χ1) is 15.1. The molecule has 0 aromatic rings. The van der Waals surface area contributed by atoms with Gasteiger partial charge in [-0.1, -0.05) is 42.7 Å². The molecule has 0 fully saturated rings. The maximum absolute atomic E-state index is 11.5. The Labute approximate surface area is 193 Å². The number of allylic oxidation sites excluding steroid dienone is 4. The van der Waals surface area contributed by atoms with Crippen LogP contribution in [0.4, 0.5) is 0 Å². The summed E-state index contributed by atoms with van der Waals surface area (Å²) < 4.78 is 10.4. The average Bonchev–Trinajstić information content (AvgIpc) is 3.08. The number of carbonyl (C=O) groups excluding carboxylic acids is 2. The number of aliphatic hydroxyl groups excluding tert-OH is 1. The Morgan fingerprint density at radius 1 is 1.28 bits per heavy atom. The van der Waals surface area contributed by atoms with E-state index >= 15 is 0 Å². The second-order valence-electron chi connectivity index (χ2n) is 9.77. The molecule has 0 aromatic heterocycles. The molecule has 32 heavy (non-hydrogen) atoms. The van der Waals surface area contributed by atoms with Crippen molar-refractivity contribution in [1.29, 1.82) is 0 Å². The van der Waals surface area contributed by atoms with Crippen molar-refractivity contribution in [2.75, 3.05) is 13.2 Å². The second-order valence-corrected chi connectivity index (χ2v) is 9.77. The fraction of sp³-hybridized carbons (Fsp3) is 0.630. The van der Waals surface area contributed by atoms with E-state index in [0.717, 1.165) is 31.3 Å². The van der Waals surface area contributed by atoms with Crippen LogP contribution in [-0.2, 0) is 19.1 Å². The van der Waals surface area contributed by atoms with Gasteiger partial charge in [-0.2, -0.15) is 0 Å². The van der Waals surface area contributed by atoms with Gasteiger partial charge in [0.05, 0.1) is 6.61 Å². The summed E-state index contributed by atoms with van der Waals surface area (Å²) >= 11 is 0. The summed E-state index contributed by atoms with van der Waals surface area (Å²) in [5, 5.41) is 9.39. The van der Waals surface area contributed by atoms with Crippen LogP contribution < -0.4 is 0 Å². The first-order valence-electron chi connectivity index (χ1n) is 11.8. The van der Waals surface area contributed by atoms with Gasteiger partial charge in [-0.05, 0) is 69.8 Å². The van der Waals surface area contributed by atoms with Gasteiger partial charge in [0.15, 0.2) is 0 Å². The molecule has 1 aliphatic heterocycles. The highest BCUT2D eigenvalue weighted by atomic mass is 16.5. The van der Waals surface area contributed by atoms with Crippen molar-refractivity contribution in [3.05, 3.63) is 46.1 Å². The van der Waals surface area contributed by atoms with E-state index in [9.17, 15) is 14.7 Å². The Bertz CT molecular complexity index is 810. The molecule has 0 radical (unpaired) electrons. The summed E-state index contributed by atoms with van der Waals surface area (Å²) in [5.74, 6) is -0.733. The molecule has 1 aliphatic carbocycles. The highest BCUT2D eigenvalue weighted by Gasteiger charge is 2.27. The summed E-state index contributed by atoms with van der Waals surface area (Å²) in [6.07, 6.45) is 13.3. The zero-order valence-corrected chi connectivity index (χ0v) is 20.5. The van der Waals surface area contributed by atoms with Crippen molar-refractivity contribution in [3.63, 3.8) is 0 Å². The highest BCUT2D eigenvalue weighted by molar-refractivity contribution is 5.85. The van der Waals surface area contributed by atoms with E-state index in [-0.39, 0.29) is 19.2 Å². The molecule has 5 heteroatoms. The Kier molecular flexibility index (Phi) is 9.95. The monoisotopic (exact) mass is 444 g/mol. The number of hydrogen-bond donors (Lipinski definition) is 1. The van der Waals surface area contributed by atoms with Gasteiger partial charge in [-0.3, -0.25) is 4.79 Å². The standard InChI is InChI=1S/C27H40O5/c1-19(11-13-24-20(2)9-7-15-27(24,4)5)8-6-10-22(18-31-21(3)29)12-14-25-23(17-28)16-26(30)32-25/h8,12,16,25,28H,6-7,9-11,13-15,17-18H2,1-5H3/b19-8+,22-12-. The Hall–Kier alpha value is -2.14. The normalized spacial score (nSPS) is 21.5. The fourth-order valence-corrected chi connectivity index (χ4v) is 4.70. The van der Waals surface area contributed by atoms with Crippen molar-refractivity contribution < 1.29 is 24.2 Å². The second kappa shape index (κ2) is 12.2. The minimum Gasteiger partial charge on any atom is -0.461 e. The van der Waals surface area contributed by atoms with E-state index in [0.29, 0.717) is 17.4 Å². The van der Waals surface area contributed by atoms with Gasteiger partial charge < -0.3 is 14.6 Å². The van der Waals surface area contributed by atoms with Crippen LogP contribution in [0, 0.1) is 5.41 Å². The molecule has 1 N–H and O–H groups in total. The van der Waals surface area contributed by atoms with Crippen molar-refractivity contribution >= 4 is 11.9 Å². The number of carbonyl (C=O) groups is 2. The summed E-state index contributed by atoms with van der Waals surface area (Å²) in [5.41, 5.74) is 6.48. The Morgan fingerprint density at radius 3 is 2.69 bits per heavy atom. The summed E-state index contributed by atoms with van der Waals surface area (Å²) in [6.45, 7) is 10.7. The van der Waals surface area contributed by atoms with Crippen molar-refractivity contribution in [3.8, 4) is 0 Å². The van der Waals surface area contributed by atoms with E-state index in [1.165, 1.54) is 37.8 Å². The van der Waals surface area contributed by atoms with Crippen LogP contribution in [0.3, 0.4) is 0 Å². The molecule has 0 spiro atoms. The van der Waals surface area contributed by atoms with Gasteiger partial charge in [0, 0.05) is 25.0 Å². The van der Waals surface area contributed by atoms with Crippen LogP contribution in [0.1, 0.15) is 86.0 Å². The van der Waals surface area contributed by atoms with E-state index in [2.05, 4.69) is 33.8 Å². The van der Waals surface area contributed by atoms with Crippen LogP contribution in [0.15, 0.2) is 46.1 Å². The lowest BCUT2D eigenvalue weighted by Crippen LogP contribution is -2.20. The molecule has 5 nitrogen and oxygen atoms in total. The fourth-order valence-electron chi connectivity index (χ4n) is 4.70. The molecule has 2 rings (SSSR count). The Morgan fingerprint density at radius 2 is 2.03 bits per heavy atom. The maximum Gasteiger partial charge on any atom is 0.331 e. The third kappa shape index (κ3) is 8.09. The lowest BCUT2D eigenvalue weighted by Gasteiger charge is -2.35. The molecule has 0 saturated heterocycles. The largest absolute Gasteiger partial charge is 0.461 e. The van der Waals surface area contributed by atoms with Crippen molar-refractivity contribution in [2.24, 2.45) is 5.41 Å². The summed E-state index contributed by atoms with van der Waals surface area (Å²) in [7, 11) is 0. The van der Waals surface area contributed by atoms with E-state index in [4.69, 9.17) is 9.47 Å². The zero-order chi connectivity index (χ0) is 23.7. The quantitative estimate of drug-likeness (QED) is 0.325. The van der Waals surface area contributed by atoms with Crippen LogP contribution in [0.5, 0.6) is 0 Å². The van der Waals surface area contributed by atoms with Gasteiger partial charge >= 0.3 is 11.9 Å². The van der Waals surface area contributed by atoms with Gasteiger partial charge in [-0.15, -0.1) is 0 Å². The zero-order valence-electron chi connectivity index (χ0n) is 20.5. The predicted molar refractivity (Wildman–Crippen MR) is 127 cm³/mol. The third-order valence-corrected chi connectivity index (χ3v) is 6.65. The van der Waals surface area contributed by atoms with Crippen molar-refractivity contribution in [2.45, 2.75) is 92.1 Å². The highest BCUT2D eigenvalue weighted by Crippen LogP contribution is 2.42. The molecule has 1 heterocycles. The Balaban J connectivity index is 1.92. The molecule has 0 amide bonds.